The SMILES string of the molecule is CCc1ccc(CNC(=NC)NCCCc2nn(-c3ccc(F)cc3)c(N)c2C#N)s1. The number of nitriles is 1. The molecule has 162 valence electrons. The van der Waals surface area contributed by atoms with Crippen molar-refractivity contribution in [2.45, 2.75) is 32.7 Å². The second-order valence-corrected chi connectivity index (χ2v) is 8.14. The highest BCUT2D eigenvalue weighted by molar-refractivity contribution is 7.11. The van der Waals surface area contributed by atoms with Crippen LogP contribution in [0.5, 0.6) is 0 Å². The second kappa shape index (κ2) is 10.6. The van der Waals surface area contributed by atoms with Crippen molar-refractivity contribution >= 4 is 23.1 Å². The van der Waals surface area contributed by atoms with Crippen LogP contribution in [0.4, 0.5) is 10.2 Å². The lowest BCUT2D eigenvalue weighted by Crippen LogP contribution is -2.37. The van der Waals surface area contributed by atoms with Gasteiger partial charge in [0.25, 0.3) is 0 Å². The Kier molecular flexibility index (Phi) is 7.62. The third-order valence-electron chi connectivity index (χ3n) is 4.78. The predicted molar refractivity (Wildman–Crippen MR) is 123 cm³/mol. The van der Waals surface area contributed by atoms with Gasteiger partial charge < -0.3 is 16.4 Å². The van der Waals surface area contributed by atoms with Crippen molar-refractivity contribution < 1.29 is 4.39 Å². The first-order valence-electron chi connectivity index (χ1n) is 10.1. The lowest BCUT2D eigenvalue weighted by Gasteiger charge is -2.10. The number of aliphatic imine (C=N–C) groups is 1. The average Bonchev–Trinajstić information content (AvgIpc) is 3.37. The summed E-state index contributed by atoms with van der Waals surface area (Å²) in [7, 11) is 1.74. The van der Waals surface area contributed by atoms with Crippen molar-refractivity contribution in [3.63, 3.8) is 0 Å². The maximum absolute atomic E-state index is 13.2. The van der Waals surface area contributed by atoms with Crippen LogP contribution < -0.4 is 16.4 Å². The minimum Gasteiger partial charge on any atom is -0.382 e. The van der Waals surface area contributed by atoms with Crippen molar-refractivity contribution in [2.75, 3.05) is 19.3 Å². The van der Waals surface area contributed by atoms with Crippen LogP contribution in [-0.2, 0) is 19.4 Å². The molecule has 4 N–H and O–H groups in total. The Morgan fingerprint density at radius 3 is 2.61 bits per heavy atom. The summed E-state index contributed by atoms with van der Waals surface area (Å²) in [5.41, 5.74) is 7.70. The molecule has 31 heavy (non-hydrogen) atoms. The number of nitrogen functional groups attached to an aromatic ring is 1. The summed E-state index contributed by atoms with van der Waals surface area (Å²) in [5.74, 6) is 0.647. The number of nitrogens with zero attached hydrogens (tertiary/aromatic N) is 4. The number of nitrogens with one attached hydrogen (secondary N) is 2. The van der Waals surface area contributed by atoms with Crippen molar-refractivity contribution in [2.24, 2.45) is 4.99 Å². The van der Waals surface area contributed by atoms with E-state index in [-0.39, 0.29) is 11.6 Å². The molecule has 0 unspecified atom stereocenters. The third kappa shape index (κ3) is 5.61. The van der Waals surface area contributed by atoms with E-state index in [1.165, 1.54) is 26.6 Å². The molecule has 9 heteroatoms. The number of aromatic nitrogens is 2. The van der Waals surface area contributed by atoms with Crippen LogP contribution >= 0.6 is 11.3 Å². The lowest BCUT2D eigenvalue weighted by molar-refractivity contribution is 0.627. The van der Waals surface area contributed by atoms with E-state index in [2.05, 4.69) is 45.9 Å². The van der Waals surface area contributed by atoms with Crippen LogP contribution in [0, 0.1) is 17.1 Å². The smallest absolute Gasteiger partial charge is 0.191 e. The molecule has 0 bridgehead atoms. The molecule has 0 aliphatic carbocycles. The number of guanidine groups is 1. The maximum Gasteiger partial charge on any atom is 0.191 e. The number of hydrogen-bond acceptors (Lipinski definition) is 5. The zero-order valence-corrected chi connectivity index (χ0v) is 18.5. The Balaban J connectivity index is 1.54. The highest BCUT2D eigenvalue weighted by Gasteiger charge is 2.16. The van der Waals surface area contributed by atoms with Crippen LogP contribution in [0.25, 0.3) is 5.69 Å². The van der Waals surface area contributed by atoms with Gasteiger partial charge in [-0.25, -0.2) is 9.07 Å². The standard InChI is InChI=1S/C22H26FN7S/c1-3-17-10-11-18(31-17)14-28-22(26-2)27-12-4-5-20-19(13-24)21(25)30(29-20)16-8-6-15(23)7-9-16/h6-11H,3-5,12,14,25H2,1-2H3,(H2,26,27,28). The molecule has 3 aromatic rings. The zero-order chi connectivity index (χ0) is 22.2. The molecule has 1 aromatic carbocycles. The van der Waals surface area contributed by atoms with E-state index < -0.39 is 0 Å². The van der Waals surface area contributed by atoms with Gasteiger partial charge in [0, 0.05) is 23.3 Å². The first-order valence-corrected chi connectivity index (χ1v) is 10.9. The van der Waals surface area contributed by atoms with E-state index in [9.17, 15) is 9.65 Å². The van der Waals surface area contributed by atoms with Gasteiger partial charge in [0.15, 0.2) is 5.96 Å². The van der Waals surface area contributed by atoms with Gasteiger partial charge in [-0.05, 0) is 55.7 Å². The lowest BCUT2D eigenvalue weighted by atomic mass is 10.1. The summed E-state index contributed by atoms with van der Waals surface area (Å²) in [6, 6.07) is 12.3. The zero-order valence-electron chi connectivity index (χ0n) is 17.7. The topological polar surface area (TPSA) is 104 Å². The maximum atomic E-state index is 13.2. The molecule has 7 nitrogen and oxygen atoms in total. The molecular weight excluding hydrogens is 413 g/mol. The molecule has 0 aliphatic rings. The molecule has 2 heterocycles. The fourth-order valence-electron chi connectivity index (χ4n) is 3.12. The summed E-state index contributed by atoms with van der Waals surface area (Å²) < 4.78 is 14.7. The summed E-state index contributed by atoms with van der Waals surface area (Å²) in [5, 5.41) is 20.6. The molecule has 0 spiro atoms. The van der Waals surface area contributed by atoms with Gasteiger partial charge in [-0.2, -0.15) is 10.4 Å². The van der Waals surface area contributed by atoms with Crippen LogP contribution in [-0.4, -0.2) is 29.3 Å². The molecule has 0 aliphatic heterocycles. The summed E-state index contributed by atoms with van der Waals surface area (Å²) in [6.07, 6.45) is 2.37. The first-order chi connectivity index (χ1) is 15.0. The molecule has 2 aromatic heterocycles. The van der Waals surface area contributed by atoms with Gasteiger partial charge in [0.05, 0.1) is 17.9 Å². The minimum absolute atomic E-state index is 0.261. The molecule has 0 radical (unpaired) electrons. The van der Waals surface area contributed by atoms with E-state index in [0.29, 0.717) is 29.9 Å². The van der Waals surface area contributed by atoms with Gasteiger partial charge in [0.1, 0.15) is 23.3 Å². The Morgan fingerprint density at radius 1 is 1.23 bits per heavy atom. The van der Waals surface area contributed by atoms with Crippen LogP contribution in [0.3, 0.4) is 0 Å². The number of benzene rings is 1. The summed E-state index contributed by atoms with van der Waals surface area (Å²) in [4.78, 5) is 6.88. The van der Waals surface area contributed by atoms with Crippen molar-refractivity contribution in [1.82, 2.24) is 20.4 Å². The van der Waals surface area contributed by atoms with E-state index in [1.54, 1.807) is 30.5 Å². The number of hydrogen-bond donors (Lipinski definition) is 3. The summed E-state index contributed by atoms with van der Waals surface area (Å²) >= 11 is 1.80. The Bertz CT molecular complexity index is 1080. The highest BCUT2D eigenvalue weighted by atomic mass is 32.1. The first kappa shape index (κ1) is 22.3. The number of aryl methyl sites for hydroxylation is 2. The van der Waals surface area contributed by atoms with Crippen LogP contribution in [0.2, 0.25) is 0 Å². The highest BCUT2D eigenvalue weighted by Crippen LogP contribution is 2.21. The van der Waals surface area contributed by atoms with Crippen molar-refractivity contribution in [3.8, 4) is 11.8 Å². The fraction of sp³-hybridized carbons (Fsp3) is 0.318. The largest absolute Gasteiger partial charge is 0.382 e. The van der Waals surface area contributed by atoms with Crippen LogP contribution in [0.15, 0.2) is 41.4 Å². The molecule has 0 atom stereocenters. The average molecular weight is 440 g/mol. The number of anilines is 1. The second-order valence-electron chi connectivity index (χ2n) is 6.88. The van der Waals surface area contributed by atoms with Gasteiger partial charge in [-0.1, -0.05) is 6.92 Å². The van der Waals surface area contributed by atoms with E-state index in [1.807, 2.05) is 0 Å². The minimum atomic E-state index is -0.340. The molecular formula is C22H26FN7S. The molecule has 0 fully saturated rings. The summed E-state index contributed by atoms with van der Waals surface area (Å²) in [6.45, 7) is 3.54. The van der Waals surface area contributed by atoms with Crippen molar-refractivity contribution in [1.29, 1.82) is 5.26 Å². The number of halogens is 1. The Labute approximate surface area is 185 Å². The normalized spacial score (nSPS) is 11.4. The monoisotopic (exact) mass is 439 g/mol. The van der Waals surface area contributed by atoms with E-state index in [0.717, 1.165) is 25.3 Å². The van der Waals surface area contributed by atoms with Crippen LogP contribution in [0.1, 0.15) is 34.4 Å². The Morgan fingerprint density at radius 2 is 1.97 bits per heavy atom. The molecule has 0 amide bonds. The fourth-order valence-corrected chi connectivity index (χ4v) is 4.01. The predicted octanol–water partition coefficient (Wildman–Crippen LogP) is 3.39. The number of nitrogens with two attached hydrogens (primary N) is 1. The quantitative estimate of drug-likeness (QED) is 0.284. The molecule has 3 rings (SSSR count). The third-order valence-corrected chi connectivity index (χ3v) is 6.01. The van der Waals surface area contributed by atoms with E-state index >= 15 is 0 Å². The number of rotatable bonds is 8. The van der Waals surface area contributed by atoms with Gasteiger partial charge >= 0.3 is 0 Å². The molecule has 0 saturated heterocycles. The Hall–Kier alpha value is -3.38. The van der Waals surface area contributed by atoms with Gasteiger partial charge in [-0.15, -0.1) is 11.3 Å². The molecule has 0 saturated carbocycles. The van der Waals surface area contributed by atoms with E-state index in [4.69, 9.17) is 5.73 Å². The number of thiophene rings is 1. The van der Waals surface area contributed by atoms with Crippen molar-refractivity contribution in [3.05, 3.63) is 63.2 Å². The van der Waals surface area contributed by atoms with Gasteiger partial charge in [0.2, 0.25) is 0 Å². The van der Waals surface area contributed by atoms with Gasteiger partial charge in [-0.3, -0.25) is 4.99 Å².